The number of carbonyl (C=O) groups excluding carboxylic acids is 1. The molecular weight excluding hydrogens is 208 g/mol. The fraction of sp³-hybridized carbons (Fsp3) is 0.909. The molecule has 0 saturated carbocycles. The Hall–Kier alpha value is -0.220. The Balaban J connectivity index is 2.31. The number of carbonyl (C=O) groups is 1. The van der Waals surface area contributed by atoms with Crippen molar-refractivity contribution in [1.82, 2.24) is 10.2 Å². The van der Waals surface area contributed by atoms with E-state index in [4.69, 9.17) is 0 Å². The van der Waals surface area contributed by atoms with Gasteiger partial charge in [0, 0.05) is 25.3 Å². The normalized spacial score (nSPS) is 22.7. The Morgan fingerprint density at radius 1 is 1.67 bits per heavy atom. The van der Waals surface area contributed by atoms with Crippen LogP contribution in [0.2, 0.25) is 0 Å². The maximum Gasteiger partial charge on any atom is 0.222 e. The zero-order chi connectivity index (χ0) is 11.3. The minimum atomic E-state index is 0.297. The minimum absolute atomic E-state index is 0.297. The highest BCUT2D eigenvalue weighted by Gasteiger charge is 2.22. The van der Waals surface area contributed by atoms with Crippen LogP contribution in [0, 0.1) is 5.92 Å². The Labute approximate surface area is 97.0 Å². The summed E-state index contributed by atoms with van der Waals surface area (Å²) in [6.07, 6.45) is 3.94. The van der Waals surface area contributed by atoms with Crippen molar-refractivity contribution in [2.45, 2.75) is 25.8 Å². The van der Waals surface area contributed by atoms with Gasteiger partial charge in [0.1, 0.15) is 0 Å². The van der Waals surface area contributed by atoms with E-state index in [1.54, 1.807) is 11.8 Å². The van der Waals surface area contributed by atoms with Gasteiger partial charge in [-0.1, -0.05) is 0 Å². The van der Waals surface area contributed by atoms with Crippen molar-refractivity contribution in [3.05, 3.63) is 0 Å². The van der Waals surface area contributed by atoms with E-state index in [0.29, 0.717) is 24.3 Å². The molecule has 1 amide bonds. The first kappa shape index (κ1) is 12.8. The largest absolute Gasteiger partial charge is 0.342 e. The van der Waals surface area contributed by atoms with Crippen LogP contribution < -0.4 is 5.32 Å². The van der Waals surface area contributed by atoms with E-state index in [1.807, 2.05) is 11.9 Å². The molecule has 0 bridgehead atoms. The van der Waals surface area contributed by atoms with Gasteiger partial charge in [-0.2, -0.15) is 11.8 Å². The lowest BCUT2D eigenvalue weighted by molar-refractivity contribution is -0.132. The van der Waals surface area contributed by atoms with Gasteiger partial charge in [-0.25, -0.2) is 0 Å². The van der Waals surface area contributed by atoms with Crippen LogP contribution in [-0.2, 0) is 4.79 Å². The van der Waals surface area contributed by atoms with Gasteiger partial charge in [0.05, 0.1) is 0 Å². The third-order valence-electron chi connectivity index (χ3n) is 3.09. The first-order valence-electron chi connectivity index (χ1n) is 5.60. The molecule has 0 aromatic rings. The number of rotatable bonds is 5. The molecule has 15 heavy (non-hydrogen) atoms. The molecule has 1 aliphatic heterocycles. The standard InChI is InChI=1S/C11H22N2OS/c1-9(8-15-3)13(2)11(14)6-10-4-5-12-7-10/h9-10,12H,4-8H2,1-3H3. The summed E-state index contributed by atoms with van der Waals surface area (Å²) in [5.41, 5.74) is 0. The van der Waals surface area contributed by atoms with Crippen molar-refractivity contribution in [1.29, 1.82) is 0 Å². The summed E-state index contributed by atoms with van der Waals surface area (Å²) in [6.45, 7) is 4.19. The lowest BCUT2D eigenvalue weighted by atomic mass is 10.0. The van der Waals surface area contributed by atoms with Crippen LogP contribution in [-0.4, -0.2) is 49.0 Å². The van der Waals surface area contributed by atoms with Gasteiger partial charge < -0.3 is 10.2 Å². The van der Waals surface area contributed by atoms with E-state index in [9.17, 15) is 4.79 Å². The average Bonchev–Trinajstić information content (AvgIpc) is 2.69. The van der Waals surface area contributed by atoms with Gasteiger partial charge >= 0.3 is 0 Å². The fourth-order valence-electron chi connectivity index (χ4n) is 1.88. The van der Waals surface area contributed by atoms with E-state index in [-0.39, 0.29) is 0 Å². The number of hydrogen-bond acceptors (Lipinski definition) is 3. The third kappa shape index (κ3) is 4.03. The summed E-state index contributed by atoms with van der Waals surface area (Å²) in [7, 11) is 1.92. The summed E-state index contributed by atoms with van der Waals surface area (Å²) >= 11 is 1.79. The van der Waals surface area contributed by atoms with E-state index in [2.05, 4.69) is 18.5 Å². The zero-order valence-corrected chi connectivity index (χ0v) is 10.8. The maximum atomic E-state index is 11.9. The molecule has 0 aromatic heterocycles. The second kappa shape index (κ2) is 6.38. The molecule has 1 heterocycles. The molecule has 0 aliphatic carbocycles. The first-order chi connectivity index (χ1) is 7.15. The van der Waals surface area contributed by atoms with Gasteiger partial charge in [-0.3, -0.25) is 4.79 Å². The lowest BCUT2D eigenvalue weighted by Gasteiger charge is -2.25. The molecule has 1 fully saturated rings. The van der Waals surface area contributed by atoms with E-state index < -0.39 is 0 Å². The zero-order valence-electron chi connectivity index (χ0n) is 9.95. The SMILES string of the molecule is CSCC(C)N(C)C(=O)CC1CCNC1. The predicted octanol–water partition coefficient (Wildman–Crippen LogP) is 1.20. The topological polar surface area (TPSA) is 32.3 Å². The molecular formula is C11H22N2OS. The molecule has 88 valence electrons. The summed E-state index contributed by atoms with van der Waals surface area (Å²) < 4.78 is 0. The van der Waals surface area contributed by atoms with Crippen molar-refractivity contribution in [2.75, 3.05) is 32.1 Å². The van der Waals surface area contributed by atoms with Gasteiger partial charge in [0.25, 0.3) is 0 Å². The number of nitrogens with one attached hydrogen (secondary N) is 1. The van der Waals surface area contributed by atoms with Crippen molar-refractivity contribution in [3.63, 3.8) is 0 Å². The lowest BCUT2D eigenvalue weighted by Crippen LogP contribution is -2.37. The molecule has 1 saturated heterocycles. The summed E-state index contributed by atoms with van der Waals surface area (Å²) in [4.78, 5) is 13.8. The van der Waals surface area contributed by atoms with Crippen LogP contribution in [0.25, 0.3) is 0 Å². The maximum absolute atomic E-state index is 11.9. The van der Waals surface area contributed by atoms with Crippen LogP contribution in [0.4, 0.5) is 0 Å². The van der Waals surface area contributed by atoms with Crippen molar-refractivity contribution < 1.29 is 4.79 Å². The Morgan fingerprint density at radius 2 is 2.40 bits per heavy atom. The Morgan fingerprint density at radius 3 is 2.93 bits per heavy atom. The molecule has 1 rings (SSSR count). The molecule has 0 radical (unpaired) electrons. The predicted molar refractivity (Wildman–Crippen MR) is 66.2 cm³/mol. The van der Waals surface area contributed by atoms with E-state index in [0.717, 1.165) is 25.3 Å². The highest BCUT2D eigenvalue weighted by molar-refractivity contribution is 7.98. The average molecular weight is 230 g/mol. The van der Waals surface area contributed by atoms with Crippen LogP contribution in [0.5, 0.6) is 0 Å². The van der Waals surface area contributed by atoms with Crippen LogP contribution >= 0.6 is 11.8 Å². The second-order valence-corrected chi connectivity index (χ2v) is 5.28. The van der Waals surface area contributed by atoms with Crippen LogP contribution in [0.15, 0.2) is 0 Å². The summed E-state index contributed by atoms with van der Waals surface area (Å²) in [6, 6.07) is 0.349. The number of nitrogens with zero attached hydrogens (tertiary/aromatic N) is 1. The van der Waals surface area contributed by atoms with Crippen molar-refractivity contribution in [3.8, 4) is 0 Å². The third-order valence-corrected chi connectivity index (χ3v) is 3.90. The minimum Gasteiger partial charge on any atom is -0.342 e. The van der Waals surface area contributed by atoms with Gasteiger partial charge in [-0.05, 0) is 38.6 Å². The molecule has 0 spiro atoms. The molecule has 0 aromatic carbocycles. The Bertz CT molecular complexity index is 205. The molecule has 1 N–H and O–H groups in total. The van der Waals surface area contributed by atoms with E-state index in [1.165, 1.54) is 0 Å². The van der Waals surface area contributed by atoms with Crippen molar-refractivity contribution >= 4 is 17.7 Å². The number of amides is 1. The van der Waals surface area contributed by atoms with Crippen molar-refractivity contribution in [2.24, 2.45) is 5.92 Å². The van der Waals surface area contributed by atoms with Gasteiger partial charge in [0.2, 0.25) is 5.91 Å². The molecule has 2 atom stereocenters. The quantitative estimate of drug-likeness (QED) is 0.770. The summed E-state index contributed by atoms with van der Waals surface area (Å²) in [5.74, 6) is 1.87. The van der Waals surface area contributed by atoms with Gasteiger partial charge in [0.15, 0.2) is 0 Å². The van der Waals surface area contributed by atoms with E-state index >= 15 is 0 Å². The highest BCUT2D eigenvalue weighted by atomic mass is 32.2. The highest BCUT2D eigenvalue weighted by Crippen LogP contribution is 2.15. The van der Waals surface area contributed by atoms with Gasteiger partial charge in [-0.15, -0.1) is 0 Å². The molecule has 4 heteroatoms. The first-order valence-corrected chi connectivity index (χ1v) is 6.99. The molecule has 3 nitrogen and oxygen atoms in total. The number of thioether (sulfide) groups is 1. The van der Waals surface area contributed by atoms with Crippen LogP contribution in [0.1, 0.15) is 19.8 Å². The molecule has 1 aliphatic rings. The number of hydrogen-bond donors (Lipinski definition) is 1. The summed E-state index contributed by atoms with van der Waals surface area (Å²) in [5, 5.41) is 3.30. The fourth-order valence-corrected chi connectivity index (χ4v) is 2.58. The second-order valence-electron chi connectivity index (χ2n) is 4.37. The molecule has 2 unspecified atom stereocenters. The monoisotopic (exact) mass is 230 g/mol. The Kier molecular flexibility index (Phi) is 5.47. The smallest absolute Gasteiger partial charge is 0.222 e. The van der Waals surface area contributed by atoms with Crippen LogP contribution in [0.3, 0.4) is 0 Å².